The van der Waals surface area contributed by atoms with E-state index in [0.717, 1.165) is 25.4 Å². The minimum absolute atomic E-state index is 0.767. The Morgan fingerprint density at radius 3 is 2.94 bits per heavy atom. The number of rotatable bonds is 6. The predicted molar refractivity (Wildman–Crippen MR) is 69.9 cm³/mol. The molecule has 1 N–H and O–H groups in total. The smallest absolute Gasteiger partial charge is 0.122 e. The molecule has 5 heteroatoms. The molecule has 18 heavy (non-hydrogen) atoms. The molecule has 0 unspecified atom stereocenters. The molecule has 5 nitrogen and oxygen atoms in total. The third-order valence-electron chi connectivity index (χ3n) is 2.83. The van der Waals surface area contributed by atoms with Crippen molar-refractivity contribution >= 4 is 0 Å². The van der Waals surface area contributed by atoms with Crippen molar-refractivity contribution in [2.24, 2.45) is 7.05 Å². The van der Waals surface area contributed by atoms with Crippen LogP contribution in [0.15, 0.2) is 29.1 Å². The molecule has 0 aliphatic heterocycles. The van der Waals surface area contributed by atoms with E-state index in [4.69, 9.17) is 4.42 Å². The van der Waals surface area contributed by atoms with Crippen LogP contribution in [0, 0.1) is 0 Å². The maximum Gasteiger partial charge on any atom is 0.122 e. The molecule has 98 valence electrons. The third kappa shape index (κ3) is 3.21. The van der Waals surface area contributed by atoms with E-state index >= 15 is 0 Å². The van der Waals surface area contributed by atoms with Crippen LogP contribution in [0.2, 0.25) is 0 Å². The van der Waals surface area contributed by atoms with Crippen molar-refractivity contribution in [2.75, 3.05) is 14.1 Å². The van der Waals surface area contributed by atoms with Crippen LogP contribution < -0.4 is 5.32 Å². The Morgan fingerprint density at radius 2 is 2.28 bits per heavy atom. The molecular formula is C13H20N4O. The Labute approximate surface area is 107 Å². The van der Waals surface area contributed by atoms with E-state index in [-0.39, 0.29) is 0 Å². The van der Waals surface area contributed by atoms with E-state index in [1.165, 1.54) is 11.1 Å². The quantitative estimate of drug-likeness (QED) is 0.838. The molecule has 2 rings (SSSR count). The molecule has 0 aromatic carbocycles. The van der Waals surface area contributed by atoms with Gasteiger partial charge in [0.2, 0.25) is 0 Å². The van der Waals surface area contributed by atoms with Crippen LogP contribution in [0.25, 0.3) is 0 Å². The highest BCUT2D eigenvalue weighted by Crippen LogP contribution is 2.13. The first-order valence-corrected chi connectivity index (χ1v) is 6.05. The average molecular weight is 248 g/mol. The van der Waals surface area contributed by atoms with E-state index in [0.29, 0.717) is 0 Å². The van der Waals surface area contributed by atoms with Gasteiger partial charge in [0, 0.05) is 37.5 Å². The number of nitrogens with one attached hydrogen (secondary N) is 1. The van der Waals surface area contributed by atoms with Gasteiger partial charge in [0.1, 0.15) is 5.76 Å². The van der Waals surface area contributed by atoms with Crippen LogP contribution in [0.3, 0.4) is 0 Å². The molecule has 0 amide bonds. The zero-order valence-electron chi connectivity index (χ0n) is 11.2. The van der Waals surface area contributed by atoms with Crippen LogP contribution in [0.4, 0.5) is 0 Å². The fraction of sp³-hybridized carbons (Fsp3) is 0.462. The molecule has 0 fully saturated rings. The van der Waals surface area contributed by atoms with E-state index in [9.17, 15) is 0 Å². The van der Waals surface area contributed by atoms with Gasteiger partial charge >= 0.3 is 0 Å². The predicted octanol–water partition coefficient (Wildman–Crippen LogP) is 1.36. The van der Waals surface area contributed by atoms with E-state index < -0.39 is 0 Å². The number of nitrogens with zero attached hydrogens (tertiary/aromatic N) is 3. The van der Waals surface area contributed by atoms with Crippen molar-refractivity contribution in [1.82, 2.24) is 20.0 Å². The number of furan rings is 1. The first kappa shape index (κ1) is 12.9. The van der Waals surface area contributed by atoms with Crippen molar-refractivity contribution in [1.29, 1.82) is 0 Å². The minimum atomic E-state index is 0.767. The van der Waals surface area contributed by atoms with Crippen molar-refractivity contribution < 1.29 is 4.42 Å². The van der Waals surface area contributed by atoms with Crippen LogP contribution in [-0.4, -0.2) is 28.8 Å². The molecular weight excluding hydrogens is 228 g/mol. The van der Waals surface area contributed by atoms with Crippen molar-refractivity contribution in [2.45, 2.75) is 19.6 Å². The molecule has 0 saturated carbocycles. The molecule has 2 aromatic rings. The maximum atomic E-state index is 5.45. The third-order valence-corrected chi connectivity index (χ3v) is 2.83. The highest BCUT2D eigenvalue weighted by Gasteiger charge is 2.09. The molecule has 0 aliphatic carbocycles. The number of aryl methyl sites for hydroxylation is 1. The first-order chi connectivity index (χ1) is 8.69. The summed E-state index contributed by atoms with van der Waals surface area (Å²) >= 11 is 0. The van der Waals surface area contributed by atoms with Crippen molar-refractivity contribution in [3.63, 3.8) is 0 Å². The zero-order chi connectivity index (χ0) is 13.0. The van der Waals surface area contributed by atoms with Gasteiger partial charge in [0.05, 0.1) is 19.0 Å². The highest BCUT2D eigenvalue weighted by molar-refractivity contribution is 5.17. The summed E-state index contributed by atoms with van der Waals surface area (Å²) in [5.74, 6) is 1.01. The van der Waals surface area contributed by atoms with Crippen molar-refractivity contribution in [3.05, 3.63) is 41.6 Å². The second kappa shape index (κ2) is 5.84. The lowest BCUT2D eigenvalue weighted by Crippen LogP contribution is -2.18. The molecule has 0 saturated heterocycles. The monoisotopic (exact) mass is 248 g/mol. The minimum Gasteiger partial charge on any atom is -0.468 e. The van der Waals surface area contributed by atoms with E-state index in [1.54, 1.807) is 6.26 Å². The average Bonchev–Trinajstić information content (AvgIpc) is 2.90. The molecule has 0 aliphatic rings. The summed E-state index contributed by atoms with van der Waals surface area (Å²) in [6, 6.07) is 2.03. The van der Waals surface area contributed by atoms with Gasteiger partial charge in [0.15, 0.2) is 0 Å². The largest absolute Gasteiger partial charge is 0.468 e. The summed E-state index contributed by atoms with van der Waals surface area (Å²) < 4.78 is 7.28. The van der Waals surface area contributed by atoms with Gasteiger partial charge in [-0.3, -0.25) is 9.58 Å². The number of hydrogen-bond donors (Lipinski definition) is 1. The first-order valence-electron chi connectivity index (χ1n) is 6.05. The van der Waals surface area contributed by atoms with Gasteiger partial charge in [-0.05, 0) is 20.2 Å². The second-order valence-electron chi connectivity index (χ2n) is 4.59. The number of hydrogen-bond acceptors (Lipinski definition) is 4. The normalized spacial score (nSPS) is 11.3. The van der Waals surface area contributed by atoms with Gasteiger partial charge < -0.3 is 9.73 Å². The van der Waals surface area contributed by atoms with Gasteiger partial charge in [0.25, 0.3) is 0 Å². The standard InChI is InChI=1S/C13H20N4O/c1-14-7-13-12(4-5-18-13)10-16(2)8-11-6-15-17(3)9-11/h4-6,9,14H,7-8,10H2,1-3H3. The molecule has 0 bridgehead atoms. The summed E-state index contributed by atoms with van der Waals surface area (Å²) in [6.45, 7) is 2.53. The SMILES string of the molecule is CNCc1occc1CN(C)Cc1cnn(C)c1. The summed E-state index contributed by atoms with van der Waals surface area (Å²) in [5, 5.41) is 7.29. The van der Waals surface area contributed by atoms with Crippen LogP contribution in [-0.2, 0) is 26.7 Å². The van der Waals surface area contributed by atoms with Gasteiger partial charge in [-0.25, -0.2) is 0 Å². The Balaban J connectivity index is 1.94. The van der Waals surface area contributed by atoms with E-state index in [1.807, 2.05) is 37.2 Å². The Hall–Kier alpha value is -1.59. The lowest BCUT2D eigenvalue weighted by atomic mass is 10.2. The van der Waals surface area contributed by atoms with Gasteiger partial charge in [-0.15, -0.1) is 0 Å². The highest BCUT2D eigenvalue weighted by atomic mass is 16.3. The Kier molecular flexibility index (Phi) is 4.17. The number of aromatic nitrogens is 2. The summed E-state index contributed by atoms with van der Waals surface area (Å²) in [5.41, 5.74) is 2.45. The van der Waals surface area contributed by atoms with Gasteiger partial charge in [-0.2, -0.15) is 5.10 Å². The Morgan fingerprint density at radius 1 is 1.44 bits per heavy atom. The fourth-order valence-electron chi connectivity index (χ4n) is 2.04. The van der Waals surface area contributed by atoms with E-state index in [2.05, 4.69) is 22.4 Å². The lowest BCUT2D eigenvalue weighted by molar-refractivity contribution is 0.315. The molecule has 0 spiro atoms. The van der Waals surface area contributed by atoms with Crippen LogP contribution in [0.1, 0.15) is 16.9 Å². The Bertz CT molecular complexity index is 489. The summed E-state index contributed by atoms with van der Waals surface area (Å²) in [6.07, 6.45) is 5.70. The molecule has 0 atom stereocenters. The fourth-order valence-corrected chi connectivity index (χ4v) is 2.04. The summed E-state index contributed by atoms with van der Waals surface area (Å²) in [7, 11) is 5.96. The van der Waals surface area contributed by atoms with Gasteiger partial charge in [-0.1, -0.05) is 0 Å². The molecule has 0 radical (unpaired) electrons. The van der Waals surface area contributed by atoms with Crippen LogP contribution in [0.5, 0.6) is 0 Å². The lowest BCUT2D eigenvalue weighted by Gasteiger charge is -2.15. The molecule has 2 aromatic heterocycles. The van der Waals surface area contributed by atoms with Crippen molar-refractivity contribution in [3.8, 4) is 0 Å². The topological polar surface area (TPSA) is 46.2 Å². The summed E-state index contributed by atoms with van der Waals surface area (Å²) in [4.78, 5) is 2.25. The van der Waals surface area contributed by atoms with Crippen LogP contribution >= 0.6 is 0 Å². The second-order valence-corrected chi connectivity index (χ2v) is 4.59. The molecule has 2 heterocycles. The zero-order valence-corrected chi connectivity index (χ0v) is 11.2. The maximum absolute atomic E-state index is 5.45.